The Kier molecular flexibility index (Phi) is 4.76. The third kappa shape index (κ3) is 2.83. The Morgan fingerprint density at radius 3 is 2.73 bits per heavy atom. The highest BCUT2D eigenvalue weighted by Crippen LogP contribution is 2.21. The molecule has 1 aromatic heterocycles. The van der Waals surface area contributed by atoms with Crippen molar-refractivity contribution in [2.24, 2.45) is 5.84 Å². The minimum absolute atomic E-state index is 0. The van der Waals surface area contributed by atoms with Crippen molar-refractivity contribution in [2.75, 3.05) is 5.43 Å². The van der Waals surface area contributed by atoms with E-state index in [0.29, 0.717) is 5.15 Å². The SMILES string of the molecule is Cl.NNc1cnc(Cl)c(Br)c1. The van der Waals surface area contributed by atoms with Crippen molar-refractivity contribution >= 4 is 45.6 Å². The molecule has 0 saturated heterocycles. The Morgan fingerprint density at radius 1 is 1.64 bits per heavy atom. The first kappa shape index (κ1) is 11.0. The largest absolute Gasteiger partial charge is 0.323 e. The molecule has 11 heavy (non-hydrogen) atoms. The molecule has 0 fully saturated rings. The molecule has 0 aromatic carbocycles. The van der Waals surface area contributed by atoms with Crippen LogP contribution in [-0.2, 0) is 0 Å². The van der Waals surface area contributed by atoms with Crippen LogP contribution in [0.25, 0.3) is 0 Å². The van der Waals surface area contributed by atoms with Crippen molar-refractivity contribution < 1.29 is 0 Å². The first-order valence-corrected chi connectivity index (χ1v) is 3.69. The van der Waals surface area contributed by atoms with Crippen LogP contribution in [0.1, 0.15) is 0 Å². The summed E-state index contributed by atoms with van der Waals surface area (Å²) >= 11 is 8.81. The minimum Gasteiger partial charge on any atom is -0.323 e. The molecule has 1 rings (SSSR count). The fourth-order valence-corrected chi connectivity index (χ4v) is 0.953. The molecular weight excluding hydrogens is 253 g/mol. The molecule has 1 aromatic rings. The highest BCUT2D eigenvalue weighted by Gasteiger charge is 1.97. The second-order valence-corrected chi connectivity index (χ2v) is 2.85. The maximum absolute atomic E-state index is 5.61. The van der Waals surface area contributed by atoms with Crippen LogP contribution in [0.5, 0.6) is 0 Å². The lowest BCUT2D eigenvalue weighted by Gasteiger charge is -1.99. The minimum atomic E-state index is 0. The Hall–Kier alpha value is -0.0300. The average molecular weight is 259 g/mol. The van der Waals surface area contributed by atoms with Crippen LogP contribution in [-0.4, -0.2) is 4.98 Å². The second kappa shape index (κ2) is 4.77. The Balaban J connectivity index is 0.000001000. The molecule has 0 unspecified atom stereocenters. The number of nitrogen functional groups attached to an aromatic ring is 1. The zero-order valence-corrected chi connectivity index (χ0v) is 8.50. The van der Waals surface area contributed by atoms with E-state index in [1.165, 1.54) is 0 Å². The lowest BCUT2D eigenvalue weighted by molar-refractivity contribution is 1.26. The summed E-state index contributed by atoms with van der Waals surface area (Å²) in [6, 6.07) is 1.75. The number of hydrazine groups is 1. The number of anilines is 1. The van der Waals surface area contributed by atoms with Gasteiger partial charge in [0, 0.05) is 0 Å². The Labute approximate surface area is 83.8 Å². The fraction of sp³-hybridized carbons (Fsp3) is 0. The van der Waals surface area contributed by atoms with Crippen molar-refractivity contribution in [1.82, 2.24) is 4.98 Å². The van der Waals surface area contributed by atoms with Crippen LogP contribution >= 0.6 is 39.9 Å². The summed E-state index contributed by atoms with van der Waals surface area (Å²) in [5, 5.41) is 0.430. The van der Waals surface area contributed by atoms with Crippen LogP contribution in [0.4, 0.5) is 5.69 Å². The van der Waals surface area contributed by atoms with Gasteiger partial charge >= 0.3 is 0 Å². The molecular formula is C5H6BrCl2N3. The molecule has 0 amide bonds. The number of aromatic nitrogens is 1. The highest BCUT2D eigenvalue weighted by atomic mass is 79.9. The summed E-state index contributed by atoms with van der Waals surface area (Å²) in [4.78, 5) is 3.83. The molecule has 0 radical (unpaired) electrons. The molecule has 0 aliphatic carbocycles. The molecule has 0 spiro atoms. The number of rotatable bonds is 1. The zero-order chi connectivity index (χ0) is 7.56. The molecule has 0 saturated carbocycles. The topological polar surface area (TPSA) is 50.9 Å². The van der Waals surface area contributed by atoms with Crippen molar-refractivity contribution in [2.45, 2.75) is 0 Å². The highest BCUT2D eigenvalue weighted by molar-refractivity contribution is 9.10. The molecule has 0 atom stereocenters. The van der Waals surface area contributed by atoms with E-state index in [2.05, 4.69) is 26.3 Å². The fourth-order valence-electron chi connectivity index (χ4n) is 0.500. The third-order valence-electron chi connectivity index (χ3n) is 0.963. The predicted molar refractivity (Wildman–Crippen MR) is 52.0 cm³/mol. The number of pyridine rings is 1. The van der Waals surface area contributed by atoms with Gasteiger partial charge in [0.05, 0.1) is 16.4 Å². The van der Waals surface area contributed by atoms with E-state index in [0.717, 1.165) is 10.2 Å². The predicted octanol–water partition coefficient (Wildman–Crippen LogP) is 2.20. The van der Waals surface area contributed by atoms with E-state index in [-0.39, 0.29) is 12.4 Å². The maximum atomic E-state index is 5.61. The van der Waals surface area contributed by atoms with Crippen LogP contribution in [0.3, 0.4) is 0 Å². The van der Waals surface area contributed by atoms with Gasteiger partial charge in [-0.05, 0) is 22.0 Å². The van der Waals surface area contributed by atoms with Crippen LogP contribution in [0.15, 0.2) is 16.7 Å². The molecule has 0 bridgehead atoms. The normalized spacial score (nSPS) is 8.64. The summed E-state index contributed by atoms with van der Waals surface area (Å²) in [6.07, 6.45) is 1.55. The number of nitrogens with two attached hydrogens (primary N) is 1. The standard InChI is InChI=1S/C5H5BrClN3.ClH/c6-4-1-3(10-8)2-9-5(4)7;/h1-2,10H,8H2;1H. The van der Waals surface area contributed by atoms with Crippen molar-refractivity contribution in [1.29, 1.82) is 0 Å². The number of nitrogens with zero attached hydrogens (tertiary/aromatic N) is 1. The van der Waals surface area contributed by atoms with Crippen molar-refractivity contribution in [3.8, 4) is 0 Å². The van der Waals surface area contributed by atoms with Crippen molar-refractivity contribution in [3.63, 3.8) is 0 Å². The smallest absolute Gasteiger partial charge is 0.143 e. The van der Waals surface area contributed by atoms with Gasteiger partial charge in [-0.1, -0.05) is 11.6 Å². The number of halogens is 3. The Morgan fingerprint density at radius 2 is 2.27 bits per heavy atom. The van der Waals surface area contributed by atoms with Gasteiger partial charge in [-0.15, -0.1) is 12.4 Å². The molecule has 0 aliphatic heterocycles. The first-order valence-electron chi connectivity index (χ1n) is 2.51. The van der Waals surface area contributed by atoms with Gasteiger partial charge in [0.15, 0.2) is 0 Å². The van der Waals surface area contributed by atoms with Gasteiger partial charge in [-0.2, -0.15) is 0 Å². The van der Waals surface area contributed by atoms with Crippen LogP contribution in [0, 0.1) is 0 Å². The summed E-state index contributed by atoms with van der Waals surface area (Å²) in [7, 11) is 0. The van der Waals surface area contributed by atoms with E-state index in [4.69, 9.17) is 17.4 Å². The van der Waals surface area contributed by atoms with Gasteiger partial charge in [-0.25, -0.2) is 4.98 Å². The van der Waals surface area contributed by atoms with Gasteiger partial charge in [0.2, 0.25) is 0 Å². The first-order chi connectivity index (χ1) is 4.74. The monoisotopic (exact) mass is 257 g/mol. The maximum Gasteiger partial charge on any atom is 0.143 e. The van der Waals surface area contributed by atoms with E-state index < -0.39 is 0 Å². The van der Waals surface area contributed by atoms with Crippen molar-refractivity contribution in [3.05, 3.63) is 21.9 Å². The summed E-state index contributed by atoms with van der Waals surface area (Å²) < 4.78 is 0.726. The lowest BCUT2D eigenvalue weighted by atomic mass is 10.4. The summed E-state index contributed by atoms with van der Waals surface area (Å²) in [6.45, 7) is 0. The summed E-state index contributed by atoms with van der Waals surface area (Å²) in [5.41, 5.74) is 3.16. The third-order valence-corrected chi connectivity index (χ3v) is 2.10. The lowest BCUT2D eigenvalue weighted by Crippen LogP contribution is -2.06. The number of hydrogen-bond acceptors (Lipinski definition) is 3. The zero-order valence-electron chi connectivity index (χ0n) is 5.34. The number of hydrogen-bond donors (Lipinski definition) is 2. The van der Waals surface area contributed by atoms with Crippen LogP contribution in [0.2, 0.25) is 5.15 Å². The molecule has 1 heterocycles. The number of nitrogens with one attached hydrogen (secondary N) is 1. The molecule has 62 valence electrons. The van der Waals surface area contributed by atoms with Crippen LogP contribution < -0.4 is 11.3 Å². The van der Waals surface area contributed by atoms with E-state index in [1.54, 1.807) is 12.3 Å². The Bertz CT molecular complexity index is 243. The van der Waals surface area contributed by atoms with E-state index in [1.807, 2.05) is 0 Å². The second-order valence-electron chi connectivity index (χ2n) is 1.64. The van der Waals surface area contributed by atoms with Gasteiger partial charge in [-0.3, -0.25) is 5.84 Å². The average Bonchev–Trinajstić information content (AvgIpc) is 1.95. The van der Waals surface area contributed by atoms with E-state index >= 15 is 0 Å². The quantitative estimate of drug-likeness (QED) is 0.461. The molecule has 0 aliphatic rings. The molecule has 6 heteroatoms. The van der Waals surface area contributed by atoms with E-state index in [9.17, 15) is 0 Å². The summed E-state index contributed by atoms with van der Waals surface area (Å²) in [5.74, 6) is 5.11. The molecule has 3 nitrogen and oxygen atoms in total. The van der Waals surface area contributed by atoms with Gasteiger partial charge in [0.1, 0.15) is 5.15 Å². The van der Waals surface area contributed by atoms with Gasteiger partial charge in [0.25, 0.3) is 0 Å². The van der Waals surface area contributed by atoms with Gasteiger partial charge < -0.3 is 5.43 Å². The molecule has 3 N–H and O–H groups in total.